The van der Waals surface area contributed by atoms with Crippen LogP contribution in [0.5, 0.6) is 0 Å². The van der Waals surface area contributed by atoms with Crippen molar-refractivity contribution in [2.24, 2.45) is 0 Å². The Bertz CT molecular complexity index is 30.9. The molecule has 0 spiro atoms. The summed E-state index contributed by atoms with van der Waals surface area (Å²) < 4.78 is 8.87. The molecule has 3 heteroatoms. The Kier molecular flexibility index (Phi) is 24.4. The Hall–Kier alpha value is 0.889. The van der Waals surface area contributed by atoms with Crippen molar-refractivity contribution < 1.29 is 3.08 Å². The van der Waals surface area contributed by atoms with E-state index in [2.05, 4.69) is 22.8 Å². The van der Waals surface area contributed by atoms with Gasteiger partial charge in [0.2, 0.25) is 0 Å². The van der Waals surface area contributed by atoms with E-state index in [1.54, 1.807) is 0 Å². The van der Waals surface area contributed by atoms with Crippen LogP contribution in [0.2, 0.25) is 0 Å². The van der Waals surface area contributed by atoms with Crippen molar-refractivity contribution in [3.8, 4) is 0 Å². The van der Waals surface area contributed by atoms with Crippen molar-refractivity contribution in [3.05, 3.63) is 0 Å². The molecule has 43 valence electrons. The third kappa shape index (κ3) is 46.2. The molecule has 0 aliphatic rings. The Morgan fingerprint density at radius 3 is 1.57 bits per heavy atom. The summed E-state index contributed by atoms with van der Waals surface area (Å²) in [6.07, 6.45) is 2.64. The van der Waals surface area contributed by atoms with Gasteiger partial charge in [-0.05, 0) is 0 Å². The Morgan fingerprint density at radius 2 is 1.57 bits per heavy atom. The van der Waals surface area contributed by atoms with E-state index >= 15 is 0 Å². The van der Waals surface area contributed by atoms with E-state index in [1.807, 2.05) is 0 Å². The molecule has 0 rings (SSSR count). The van der Waals surface area contributed by atoms with E-state index in [0.29, 0.717) is 0 Å². The van der Waals surface area contributed by atoms with E-state index < -0.39 is 20.0 Å². The van der Waals surface area contributed by atoms with Crippen LogP contribution < -0.4 is 0 Å². The first-order valence-electron chi connectivity index (χ1n) is 2.31. The van der Waals surface area contributed by atoms with Crippen LogP contribution in [0.3, 0.4) is 0 Å². The van der Waals surface area contributed by atoms with Crippen molar-refractivity contribution in [2.45, 2.75) is 26.7 Å². The summed E-state index contributed by atoms with van der Waals surface area (Å²) in [5.74, 6) is 0. The van der Waals surface area contributed by atoms with Crippen LogP contribution in [0, 0.1) is 0 Å². The van der Waals surface area contributed by atoms with Crippen molar-refractivity contribution in [1.29, 1.82) is 0 Å². The predicted molar refractivity (Wildman–Crippen MR) is 32.9 cm³/mol. The summed E-state index contributed by atoms with van der Waals surface area (Å²) in [7, 11) is 4.61. The Morgan fingerprint density at radius 1 is 1.43 bits per heavy atom. The zero-order valence-electron chi connectivity index (χ0n) is 4.70. The van der Waals surface area contributed by atoms with Crippen molar-refractivity contribution in [2.75, 3.05) is 0 Å². The molecular formula is C4H10ClOSn. The average Bonchev–Trinajstić information content (AvgIpc) is 1.69. The molecule has 0 amide bonds. The molecule has 0 bridgehead atoms. The van der Waals surface area contributed by atoms with Crippen molar-refractivity contribution >= 4 is 28.9 Å². The predicted octanol–water partition coefficient (Wildman–Crippen LogP) is 2.00. The molecule has 1 nitrogen and oxygen atoms in total. The molecule has 0 unspecified atom stereocenters. The van der Waals surface area contributed by atoms with Crippen molar-refractivity contribution in [1.82, 2.24) is 0 Å². The zero-order chi connectivity index (χ0) is 6.12. The molecule has 0 saturated carbocycles. The summed E-state index contributed by atoms with van der Waals surface area (Å²) in [5.41, 5.74) is 0. The monoisotopic (exact) mass is 229 g/mol. The molecule has 1 radical (unpaired) electrons. The normalized spacial score (nSPS) is 6.14. The van der Waals surface area contributed by atoms with Gasteiger partial charge in [0.05, 0.1) is 0 Å². The second-order valence-corrected chi connectivity index (χ2v) is 2.55. The first kappa shape index (κ1) is 10.8. The van der Waals surface area contributed by atoms with Gasteiger partial charge in [-0.2, -0.15) is 0 Å². The summed E-state index contributed by atoms with van der Waals surface area (Å²) in [6, 6.07) is 0. The number of hydrogen-bond donors (Lipinski definition) is 0. The maximum atomic E-state index is 8.87. The molecule has 7 heavy (non-hydrogen) atoms. The van der Waals surface area contributed by atoms with Gasteiger partial charge in [0, 0.05) is 0 Å². The molecule has 0 aliphatic carbocycles. The summed E-state index contributed by atoms with van der Waals surface area (Å²) in [6.45, 7) is 4.36. The first-order valence-corrected chi connectivity index (χ1v) is 7.09. The minimum atomic E-state index is -1.55. The summed E-state index contributed by atoms with van der Waals surface area (Å²) in [4.78, 5) is 0. The molecule has 0 atom stereocenters. The zero-order valence-corrected chi connectivity index (χ0v) is 8.31. The number of hydrogen-bond acceptors (Lipinski definition) is 1. The van der Waals surface area contributed by atoms with Crippen LogP contribution in [0.1, 0.15) is 26.7 Å². The van der Waals surface area contributed by atoms with Gasteiger partial charge in [-0.3, -0.25) is 0 Å². The molecular weight excluding hydrogens is 218 g/mol. The second kappa shape index (κ2) is 15.8. The molecule has 0 fully saturated rings. The Labute approximate surface area is 58.8 Å². The Balaban J connectivity index is 0. The van der Waals surface area contributed by atoms with Crippen LogP contribution in [0.25, 0.3) is 0 Å². The van der Waals surface area contributed by atoms with Gasteiger partial charge in [0.15, 0.2) is 0 Å². The van der Waals surface area contributed by atoms with Crippen LogP contribution >= 0.6 is 8.92 Å². The standard InChI is InChI=1S/C4H10.ClH.O.Sn/c1-3-4-2;;;/h3-4H2,1-2H3;1H;;/q;;;+1/p-1. The molecule has 0 aliphatic heterocycles. The fraction of sp³-hybridized carbons (Fsp3) is 1.00. The fourth-order valence-electron chi connectivity index (χ4n) is 0. The summed E-state index contributed by atoms with van der Waals surface area (Å²) >= 11 is -1.55. The molecule has 0 heterocycles. The average molecular weight is 228 g/mol. The van der Waals surface area contributed by atoms with Crippen LogP contribution in [-0.2, 0) is 3.08 Å². The van der Waals surface area contributed by atoms with E-state index in [9.17, 15) is 0 Å². The fourth-order valence-corrected chi connectivity index (χ4v) is 0. The van der Waals surface area contributed by atoms with Crippen LogP contribution in [0.4, 0.5) is 0 Å². The second-order valence-electron chi connectivity index (χ2n) is 1.08. The van der Waals surface area contributed by atoms with E-state index in [-0.39, 0.29) is 0 Å². The van der Waals surface area contributed by atoms with E-state index in [4.69, 9.17) is 3.08 Å². The third-order valence-electron chi connectivity index (χ3n) is 0.500. The molecule has 0 aromatic rings. The number of unbranched alkanes of at least 4 members (excludes halogenated alkanes) is 1. The van der Waals surface area contributed by atoms with Gasteiger partial charge >= 0.3 is 32.0 Å². The molecule has 0 N–H and O–H groups in total. The maximum absolute atomic E-state index is 8.87. The van der Waals surface area contributed by atoms with Gasteiger partial charge in [-0.25, -0.2) is 0 Å². The molecule has 0 aromatic heterocycles. The number of halogens is 1. The molecule has 0 aromatic carbocycles. The van der Waals surface area contributed by atoms with Gasteiger partial charge in [-0.1, -0.05) is 26.7 Å². The van der Waals surface area contributed by atoms with Crippen LogP contribution in [-0.4, -0.2) is 20.0 Å². The van der Waals surface area contributed by atoms with E-state index in [0.717, 1.165) is 0 Å². The summed E-state index contributed by atoms with van der Waals surface area (Å²) in [5, 5.41) is 0. The minimum absolute atomic E-state index is 1.32. The van der Waals surface area contributed by atoms with Gasteiger partial charge in [0.1, 0.15) is 0 Å². The quantitative estimate of drug-likeness (QED) is 0.627. The number of rotatable bonds is 1. The third-order valence-corrected chi connectivity index (χ3v) is 0.500. The van der Waals surface area contributed by atoms with Gasteiger partial charge in [-0.15, -0.1) is 0 Å². The van der Waals surface area contributed by atoms with Crippen molar-refractivity contribution in [3.63, 3.8) is 0 Å². The topological polar surface area (TPSA) is 17.1 Å². The first-order chi connectivity index (χ1) is 3.33. The SMILES string of the molecule is CCCC.[O]=[Sn][Cl]. The van der Waals surface area contributed by atoms with Gasteiger partial charge in [0.25, 0.3) is 0 Å². The van der Waals surface area contributed by atoms with Gasteiger partial charge < -0.3 is 0 Å². The van der Waals surface area contributed by atoms with E-state index in [1.165, 1.54) is 12.8 Å². The molecule has 0 saturated heterocycles. The van der Waals surface area contributed by atoms with Crippen LogP contribution in [0.15, 0.2) is 0 Å².